The van der Waals surface area contributed by atoms with Crippen LogP contribution < -0.4 is 0 Å². The molecule has 0 radical (unpaired) electrons. The lowest BCUT2D eigenvalue weighted by Crippen LogP contribution is -2.30. The first-order chi connectivity index (χ1) is 47.8. The van der Waals surface area contributed by atoms with Crippen molar-refractivity contribution in [2.45, 2.75) is 433 Å². The van der Waals surface area contributed by atoms with Gasteiger partial charge in [0, 0.05) is 25.7 Å². The zero-order chi connectivity index (χ0) is 73.0. The van der Waals surface area contributed by atoms with Gasteiger partial charge in [0.2, 0.25) is 0 Å². The molecule has 6 atom stereocenters. The summed E-state index contributed by atoms with van der Waals surface area (Å²) in [5.41, 5.74) is 0. The molecule has 0 aromatic rings. The van der Waals surface area contributed by atoms with E-state index in [1.165, 1.54) is 218 Å². The topological polar surface area (TPSA) is 237 Å². The number of phosphoric acid groups is 2. The minimum atomic E-state index is -4.96. The van der Waals surface area contributed by atoms with E-state index < -0.39 is 97.5 Å². The molecule has 0 heterocycles. The van der Waals surface area contributed by atoms with Gasteiger partial charge in [0.05, 0.1) is 26.4 Å². The molecule has 588 valence electrons. The third-order valence-electron chi connectivity index (χ3n) is 19.0. The third-order valence-corrected chi connectivity index (χ3v) is 20.9. The molecule has 99 heavy (non-hydrogen) atoms. The lowest BCUT2D eigenvalue weighted by Gasteiger charge is -2.21. The molecule has 0 rings (SSSR count). The van der Waals surface area contributed by atoms with Gasteiger partial charge in [-0.2, -0.15) is 0 Å². The van der Waals surface area contributed by atoms with Crippen LogP contribution >= 0.6 is 15.6 Å². The average Bonchev–Trinajstić information content (AvgIpc) is 0.954. The van der Waals surface area contributed by atoms with Gasteiger partial charge >= 0.3 is 39.5 Å². The van der Waals surface area contributed by atoms with E-state index in [0.717, 1.165) is 108 Å². The number of hydrogen-bond acceptors (Lipinski definition) is 15. The highest BCUT2D eigenvalue weighted by Crippen LogP contribution is 2.45. The highest BCUT2D eigenvalue weighted by atomic mass is 31.2. The SMILES string of the molecule is CCCCCCCCCCCCCCCCCCCCCC(=O)O[C@H](COC(=O)CCCCCCCCCCCCCCCCC(C)CC)COP(=O)(O)OC[C@@H](O)COP(=O)(O)OC[C@@H](COC(=O)CCCCCCCCCC(C)C)OC(=O)CCCCCCCCCCCC(C)C. The number of unbranched alkanes of at least 4 members (excludes halogenated alkanes) is 45. The highest BCUT2D eigenvalue weighted by Gasteiger charge is 2.30. The molecule has 0 aliphatic rings. The Kier molecular flexibility index (Phi) is 69.0. The van der Waals surface area contributed by atoms with Gasteiger partial charge in [0.1, 0.15) is 19.3 Å². The second kappa shape index (κ2) is 70.4. The summed E-state index contributed by atoms with van der Waals surface area (Å²) in [7, 11) is -9.92. The summed E-state index contributed by atoms with van der Waals surface area (Å²) < 4.78 is 68.6. The Morgan fingerprint density at radius 1 is 0.293 bits per heavy atom. The van der Waals surface area contributed by atoms with Gasteiger partial charge < -0.3 is 33.8 Å². The lowest BCUT2D eigenvalue weighted by atomic mass is 9.99. The van der Waals surface area contributed by atoms with Crippen LogP contribution in [-0.2, 0) is 65.4 Å². The van der Waals surface area contributed by atoms with Gasteiger partial charge in [-0.3, -0.25) is 37.3 Å². The van der Waals surface area contributed by atoms with Gasteiger partial charge in [0.25, 0.3) is 0 Å². The number of hydrogen-bond donors (Lipinski definition) is 3. The zero-order valence-electron chi connectivity index (χ0n) is 65.0. The summed E-state index contributed by atoms with van der Waals surface area (Å²) in [6.45, 7) is 11.9. The van der Waals surface area contributed by atoms with Crippen molar-refractivity contribution >= 4 is 39.5 Å². The minimum absolute atomic E-state index is 0.105. The Morgan fingerprint density at radius 3 is 0.768 bits per heavy atom. The Hall–Kier alpha value is -1.94. The van der Waals surface area contributed by atoms with Crippen LogP contribution in [0.25, 0.3) is 0 Å². The van der Waals surface area contributed by atoms with Crippen molar-refractivity contribution in [3.63, 3.8) is 0 Å². The van der Waals surface area contributed by atoms with Gasteiger partial charge in [-0.25, -0.2) is 9.13 Å². The normalized spacial score (nSPS) is 14.3. The van der Waals surface area contributed by atoms with E-state index in [9.17, 15) is 43.2 Å². The molecule has 0 bridgehead atoms. The number of phosphoric ester groups is 2. The maximum Gasteiger partial charge on any atom is 0.472 e. The number of carbonyl (C=O) groups is 4. The standard InChI is InChI=1S/C80H156O17P2/c1-8-10-11-12-13-14-15-16-17-18-19-20-21-26-29-34-41-49-56-63-79(84)96-75(67-90-77(82)61-54-47-40-33-28-25-23-22-24-27-32-39-46-53-60-73(7)9-2)69-94-98(86,87)92-65-74(81)66-93-99(88,89)95-70-76(68-91-78(83)62-55-48-43-36-38-45-52-59-72(5)6)97-80(85)64-57-50-42-35-30-31-37-44-51-58-71(3)4/h71-76,81H,8-70H2,1-7H3,(H,86,87)(H,88,89)/t73?,74-,75-,76-/m1/s1. The number of aliphatic hydroxyl groups excluding tert-OH is 1. The van der Waals surface area contributed by atoms with E-state index in [0.29, 0.717) is 31.6 Å². The summed E-state index contributed by atoms with van der Waals surface area (Å²) in [4.78, 5) is 72.9. The van der Waals surface area contributed by atoms with Crippen molar-refractivity contribution < 1.29 is 80.2 Å². The first kappa shape index (κ1) is 97.1. The molecule has 0 saturated heterocycles. The first-order valence-electron chi connectivity index (χ1n) is 41.4. The summed E-state index contributed by atoms with van der Waals surface area (Å²) in [5.74, 6) is 0.177. The second-order valence-electron chi connectivity index (χ2n) is 30.0. The maximum absolute atomic E-state index is 13.1. The van der Waals surface area contributed by atoms with E-state index in [1.807, 2.05) is 0 Å². The predicted octanol–water partition coefficient (Wildman–Crippen LogP) is 23.7. The molecule has 19 heteroatoms. The quantitative estimate of drug-likeness (QED) is 0.0222. The van der Waals surface area contributed by atoms with Gasteiger partial charge in [0.15, 0.2) is 12.2 Å². The van der Waals surface area contributed by atoms with Crippen LogP contribution in [-0.4, -0.2) is 96.7 Å². The monoisotopic (exact) mass is 1450 g/mol. The zero-order valence-corrected chi connectivity index (χ0v) is 66.8. The molecule has 0 amide bonds. The molecular formula is C80H156O17P2. The fraction of sp³-hybridized carbons (Fsp3) is 0.950. The molecule has 0 aromatic carbocycles. The summed E-state index contributed by atoms with van der Waals surface area (Å²) in [5, 5.41) is 10.6. The maximum atomic E-state index is 13.1. The lowest BCUT2D eigenvalue weighted by molar-refractivity contribution is -0.161. The van der Waals surface area contributed by atoms with Crippen LogP contribution in [0.4, 0.5) is 0 Å². The minimum Gasteiger partial charge on any atom is -0.462 e. The van der Waals surface area contributed by atoms with Crippen LogP contribution in [0.3, 0.4) is 0 Å². The first-order valence-corrected chi connectivity index (χ1v) is 44.4. The molecule has 0 aliphatic carbocycles. The smallest absolute Gasteiger partial charge is 0.462 e. The van der Waals surface area contributed by atoms with E-state index in [-0.39, 0.29) is 25.7 Å². The number of ether oxygens (including phenoxy) is 4. The van der Waals surface area contributed by atoms with Crippen LogP contribution in [0.2, 0.25) is 0 Å². The Morgan fingerprint density at radius 2 is 0.515 bits per heavy atom. The largest absolute Gasteiger partial charge is 0.472 e. The van der Waals surface area contributed by atoms with E-state index in [2.05, 4.69) is 48.5 Å². The summed E-state index contributed by atoms with van der Waals surface area (Å²) >= 11 is 0. The second-order valence-corrected chi connectivity index (χ2v) is 32.9. The van der Waals surface area contributed by atoms with Crippen LogP contribution in [0.1, 0.15) is 414 Å². The molecule has 0 spiro atoms. The fourth-order valence-electron chi connectivity index (χ4n) is 12.3. The van der Waals surface area contributed by atoms with Crippen LogP contribution in [0.5, 0.6) is 0 Å². The van der Waals surface area contributed by atoms with Crippen LogP contribution in [0, 0.1) is 17.8 Å². The Balaban J connectivity index is 5.23. The fourth-order valence-corrected chi connectivity index (χ4v) is 13.9. The predicted molar refractivity (Wildman–Crippen MR) is 405 cm³/mol. The number of aliphatic hydroxyl groups is 1. The summed E-state index contributed by atoms with van der Waals surface area (Å²) in [6.07, 6.45) is 58.4. The molecule has 3 N–H and O–H groups in total. The number of carbonyl (C=O) groups excluding carboxylic acids is 4. The van der Waals surface area contributed by atoms with Crippen LogP contribution in [0.15, 0.2) is 0 Å². The molecule has 3 unspecified atom stereocenters. The third kappa shape index (κ3) is 72.8. The number of esters is 4. The molecule has 0 fully saturated rings. The number of rotatable bonds is 78. The van der Waals surface area contributed by atoms with Crippen molar-refractivity contribution in [2.24, 2.45) is 17.8 Å². The summed E-state index contributed by atoms with van der Waals surface area (Å²) in [6, 6.07) is 0. The Bertz CT molecular complexity index is 1920. The molecular weight excluding hydrogens is 1290 g/mol. The van der Waals surface area contributed by atoms with Crippen molar-refractivity contribution in [1.29, 1.82) is 0 Å². The van der Waals surface area contributed by atoms with Gasteiger partial charge in [-0.1, -0.05) is 363 Å². The average molecular weight is 1450 g/mol. The van der Waals surface area contributed by atoms with Crippen molar-refractivity contribution in [3.05, 3.63) is 0 Å². The van der Waals surface area contributed by atoms with E-state index in [1.54, 1.807) is 0 Å². The van der Waals surface area contributed by atoms with Crippen molar-refractivity contribution in [3.8, 4) is 0 Å². The molecule has 0 saturated carbocycles. The van der Waals surface area contributed by atoms with Crippen molar-refractivity contribution in [1.82, 2.24) is 0 Å². The molecule has 0 aliphatic heterocycles. The van der Waals surface area contributed by atoms with Gasteiger partial charge in [-0.05, 0) is 43.4 Å². The van der Waals surface area contributed by atoms with E-state index >= 15 is 0 Å². The van der Waals surface area contributed by atoms with Crippen molar-refractivity contribution in [2.75, 3.05) is 39.6 Å². The highest BCUT2D eigenvalue weighted by molar-refractivity contribution is 7.47. The molecule has 0 aromatic heterocycles. The van der Waals surface area contributed by atoms with Gasteiger partial charge in [-0.15, -0.1) is 0 Å². The molecule has 17 nitrogen and oxygen atoms in total. The van der Waals surface area contributed by atoms with E-state index in [4.69, 9.17) is 37.0 Å². The Labute approximate surface area is 607 Å².